The molecule has 0 radical (unpaired) electrons. The molecule has 0 aliphatic rings. The Kier molecular flexibility index (Phi) is 7.88. The van der Waals surface area contributed by atoms with Crippen molar-refractivity contribution in [1.82, 2.24) is 5.32 Å². The van der Waals surface area contributed by atoms with Gasteiger partial charge in [0.2, 0.25) is 17.6 Å². The Morgan fingerprint density at radius 2 is 1.89 bits per heavy atom. The van der Waals surface area contributed by atoms with E-state index in [1.165, 1.54) is 18.2 Å². The van der Waals surface area contributed by atoms with Crippen molar-refractivity contribution < 1.29 is 24.5 Å². The quantitative estimate of drug-likeness (QED) is 0.336. The van der Waals surface area contributed by atoms with Gasteiger partial charge in [0, 0.05) is 23.7 Å². The highest BCUT2D eigenvalue weighted by Gasteiger charge is 2.22. The monoisotopic (exact) mass is 373 g/mol. The first-order valence-electron chi connectivity index (χ1n) is 8.32. The molecule has 0 aliphatic carbocycles. The molecular weight excluding hydrogens is 350 g/mol. The normalized spacial score (nSPS) is 10.7. The van der Waals surface area contributed by atoms with Gasteiger partial charge in [-0.15, -0.1) is 0 Å². The second-order valence-electron chi connectivity index (χ2n) is 5.09. The highest BCUT2D eigenvalue weighted by molar-refractivity contribution is 5.91. The lowest BCUT2D eigenvalue weighted by molar-refractivity contribution is -0.109. The fourth-order valence-electron chi connectivity index (χ4n) is 2.43. The summed E-state index contributed by atoms with van der Waals surface area (Å²) in [4.78, 5) is 22.9. The number of allylic oxidation sites excluding steroid dienone is 4. The molecule has 144 valence electrons. The molecule has 0 aliphatic heterocycles. The molecule has 0 unspecified atom stereocenters. The Balaban J connectivity index is 0.00000176. The van der Waals surface area contributed by atoms with Crippen LogP contribution in [0.15, 0.2) is 46.7 Å². The van der Waals surface area contributed by atoms with Crippen LogP contribution in [0.3, 0.4) is 0 Å². The van der Waals surface area contributed by atoms with Crippen LogP contribution in [0.5, 0.6) is 17.2 Å². The van der Waals surface area contributed by atoms with Crippen LogP contribution >= 0.6 is 0 Å². The highest BCUT2D eigenvalue weighted by atomic mass is 16.4. The first kappa shape index (κ1) is 21.6. The Morgan fingerprint density at radius 3 is 2.44 bits per heavy atom. The van der Waals surface area contributed by atoms with E-state index in [0.29, 0.717) is 12.0 Å². The van der Waals surface area contributed by atoms with E-state index in [4.69, 9.17) is 4.42 Å². The number of fused-ring (bicyclic) bond motifs is 1. The third-order valence-corrected chi connectivity index (χ3v) is 3.58. The highest BCUT2D eigenvalue weighted by Crippen LogP contribution is 2.37. The lowest BCUT2D eigenvalue weighted by atomic mass is 10.0. The third-order valence-electron chi connectivity index (χ3n) is 3.58. The molecule has 7 heteroatoms. The number of rotatable bonds is 7. The number of carbonyl (C=O) groups excluding carboxylic acids is 1. The van der Waals surface area contributed by atoms with Crippen LogP contribution < -0.4 is 10.7 Å². The summed E-state index contributed by atoms with van der Waals surface area (Å²) < 4.78 is 5.63. The number of phenolic OH excluding ortho intramolecular Hbond substituents is 2. The number of aromatic hydroxyl groups is 3. The molecule has 1 aromatic heterocycles. The smallest absolute Gasteiger partial charge is 0.238 e. The van der Waals surface area contributed by atoms with E-state index in [1.807, 2.05) is 13.8 Å². The topological polar surface area (TPSA) is 120 Å². The molecule has 0 atom stereocenters. The van der Waals surface area contributed by atoms with Gasteiger partial charge in [0.25, 0.3) is 0 Å². The summed E-state index contributed by atoms with van der Waals surface area (Å²) in [5.74, 6) is -1.69. The van der Waals surface area contributed by atoms with Gasteiger partial charge in [-0.1, -0.05) is 45.2 Å². The zero-order chi connectivity index (χ0) is 20.6. The lowest BCUT2D eigenvalue weighted by Gasteiger charge is -2.12. The Bertz CT molecular complexity index is 940. The minimum Gasteiger partial charge on any atom is -0.507 e. The summed E-state index contributed by atoms with van der Waals surface area (Å²) in [6.07, 6.45) is 4.91. The summed E-state index contributed by atoms with van der Waals surface area (Å²) in [6.45, 7) is 11.3. The van der Waals surface area contributed by atoms with E-state index < -0.39 is 16.9 Å². The van der Waals surface area contributed by atoms with Crippen molar-refractivity contribution in [2.45, 2.75) is 20.3 Å². The fourth-order valence-corrected chi connectivity index (χ4v) is 2.43. The van der Waals surface area contributed by atoms with E-state index >= 15 is 0 Å². The molecular formula is C20H23NO6. The van der Waals surface area contributed by atoms with Crippen molar-refractivity contribution in [2.75, 3.05) is 6.54 Å². The van der Waals surface area contributed by atoms with Crippen molar-refractivity contribution in [3.8, 4) is 17.2 Å². The summed E-state index contributed by atoms with van der Waals surface area (Å²) in [5.41, 5.74) is -0.427. The number of benzene rings is 1. The molecule has 7 nitrogen and oxygen atoms in total. The lowest BCUT2D eigenvalue weighted by Crippen LogP contribution is -2.15. The first-order chi connectivity index (χ1) is 13.0. The molecule has 1 amide bonds. The van der Waals surface area contributed by atoms with E-state index in [1.54, 1.807) is 0 Å². The van der Waals surface area contributed by atoms with E-state index in [-0.39, 0.29) is 41.0 Å². The van der Waals surface area contributed by atoms with Gasteiger partial charge in [0.05, 0.1) is 0 Å². The Morgan fingerprint density at radius 1 is 1.22 bits per heavy atom. The molecule has 2 rings (SSSR count). The minimum atomic E-state index is -0.852. The minimum absolute atomic E-state index is 0.0835. The number of phenols is 2. The van der Waals surface area contributed by atoms with Crippen LogP contribution in [-0.4, -0.2) is 28.3 Å². The van der Waals surface area contributed by atoms with E-state index in [0.717, 1.165) is 6.07 Å². The summed E-state index contributed by atoms with van der Waals surface area (Å²) in [5, 5.41) is 32.4. The Hall–Kier alpha value is -3.48. The average Bonchev–Trinajstić information content (AvgIpc) is 2.66. The first-order valence-corrected chi connectivity index (χ1v) is 8.32. The molecule has 0 saturated heterocycles. The van der Waals surface area contributed by atoms with Crippen LogP contribution in [0.1, 0.15) is 25.2 Å². The molecule has 0 saturated carbocycles. The second-order valence-corrected chi connectivity index (χ2v) is 5.09. The number of hydrogen-bond donors (Lipinski definition) is 4. The molecule has 2 aromatic rings. The molecule has 1 aromatic carbocycles. The molecule has 0 spiro atoms. The standard InChI is InChI=1S/C18H17NO6.C2H6/c1-3-5-10(4-2)17-16(24)15(23)14-13(22)8-12(21)11(18(14)25-17)6-7-19-9-20;1-2/h3-5,8-9,21-22,24H,1-2,6-7H2,(H,19,20);1-2H3/b10-5+;. The van der Waals surface area contributed by atoms with E-state index in [9.17, 15) is 24.9 Å². The second kappa shape index (κ2) is 9.86. The van der Waals surface area contributed by atoms with Crippen LogP contribution in [0.4, 0.5) is 0 Å². The molecule has 27 heavy (non-hydrogen) atoms. The SMILES string of the molecule is C=C/C=C(\C=C)c1oc2c(CCNC=O)c(O)cc(O)c2c(=O)c1O.CC. The molecule has 0 bridgehead atoms. The van der Waals surface area contributed by atoms with Crippen molar-refractivity contribution in [1.29, 1.82) is 0 Å². The van der Waals surface area contributed by atoms with Crippen molar-refractivity contribution in [3.05, 3.63) is 59.0 Å². The van der Waals surface area contributed by atoms with Crippen molar-refractivity contribution in [2.24, 2.45) is 0 Å². The molecule has 1 heterocycles. The zero-order valence-corrected chi connectivity index (χ0v) is 15.3. The van der Waals surface area contributed by atoms with Crippen molar-refractivity contribution >= 4 is 23.0 Å². The maximum atomic E-state index is 12.5. The van der Waals surface area contributed by atoms with Gasteiger partial charge in [-0.25, -0.2) is 0 Å². The summed E-state index contributed by atoms with van der Waals surface area (Å²) >= 11 is 0. The maximum Gasteiger partial charge on any atom is 0.238 e. The van der Waals surface area contributed by atoms with Crippen LogP contribution in [0.25, 0.3) is 16.5 Å². The van der Waals surface area contributed by atoms with Gasteiger partial charge in [0.15, 0.2) is 5.76 Å². The third kappa shape index (κ3) is 4.38. The predicted molar refractivity (Wildman–Crippen MR) is 105 cm³/mol. The maximum absolute atomic E-state index is 12.5. The fraction of sp³-hybridized carbons (Fsp3) is 0.200. The largest absolute Gasteiger partial charge is 0.507 e. The van der Waals surface area contributed by atoms with Gasteiger partial charge in [-0.05, 0) is 6.42 Å². The van der Waals surface area contributed by atoms with Crippen molar-refractivity contribution in [3.63, 3.8) is 0 Å². The predicted octanol–water partition coefficient (Wildman–Crippen LogP) is 2.98. The summed E-state index contributed by atoms with van der Waals surface area (Å²) in [6, 6.07) is 0.989. The number of amides is 1. The van der Waals surface area contributed by atoms with Crippen LogP contribution in [0, 0.1) is 0 Å². The number of nitrogens with one attached hydrogen (secondary N) is 1. The summed E-state index contributed by atoms with van der Waals surface area (Å²) in [7, 11) is 0. The zero-order valence-electron chi connectivity index (χ0n) is 15.3. The number of carbonyl (C=O) groups is 1. The number of hydrogen-bond acceptors (Lipinski definition) is 6. The van der Waals surface area contributed by atoms with Gasteiger partial charge in [-0.3, -0.25) is 9.59 Å². The van der Waals surface area contributed by atoms with Gasteiger partial charge >= 0.3 is 0 Å². The molecule has 4 N–H and O–H groups in total. The molecule has 0 fully saturated rings. The van der Waals surface area contributed by atoms with Crippen LogP contribution in [0.2, 0.25) is 0 Å². The van der Waals surface area contributed by atoms with Gasteiger partial charge in [-0.2, -0.15) is 0 Å². The average molecular weight is 373 g/mol. The Labute approximate surface area is 156 Å². The van der Waals surface area contributed by atoms with E-state index in [2.05, 4.69) is 18.5 Å². The van der Waals surface area contributed by atoms with Crippen LogP contribution in [-0.2, 0) is 11.2 Å². The van der Waals surface area contributed by atoms with Gasteiger partial charge in [0.1, 0.15) is 22.5 Å². The van der Waals surface area contributed by atoms with Gasteiger partial charge < -0.3 is 25.1 Å².